The molecule has 0 heterocycles. The van der Waals surface area contributed by atoms with Gasteiger partial charge in [0, 0.05) is 24.8 Å². The van der Waals surface area contributed by atoms with Crippen LogP contribution in [0.25, 0.3) is 0 Å². The molecular formula is C22H35NO4. The molecule has 3 unspecified atom stereocenters. The van der Waals surface area contributed by atoms with Crippen LogP contribution in [-0.4, -0.2) is 40.5 Å². The summed E-state index contributed by atoms with van der Waals surface area (Å²) in [6.45, 7) is 6.22. The molecular weight excluding hydrogens is 342 g/mol. The van der Waals surface area contributed by atoms with Gasteiger partial charge in [-0.25, -0.2) is 0 Å². The summed E-state index contributed by atoms with van der Waals surface area (Å²) in [5, 5.41) is 21.5. The number of aliphatic hydroxyl groups excluding tert-OH is 1. The monoisotopic (exact) mass is 377 g/mol. The zero-order valence-electron chi connectivity index (χ0n) is 16.9. The number of hydrogen-bond donors (Lipinski definition) is 3. The lowest BCUT2D eigenvalue weighted by Crippen LogP contribution is -2.61. The number of aliphatic hydroxyl groups is 2. The van der Waals surface area contributed by atoms with E-state index in [4.69, 9.17) is 10.5 Å². The molecule has 0 bridgehead atoms. The van der Waals surface area contributed by atoms with Crippen LogP contribution in [-0.2, 0) is 9.53 Å². The first-order chi connectivity index (χ1) is 12.6. The zero-order chi connectivity index (χ0) is 19.6. The van der Waals surface area contributed by atoms with Crippen LogP contribution in [0.2, 0.25) is 0 Å². The van der Waals surface area contributed by atoms with Crippen molar-refractivity contribution in [1.82, 2.24) is 0 Å². The Labute approximate surface area is 162 Å². The second-order valence-electron chi connectivity index (χ2n) is 10.1. The van der Waals surface area contributed by atoms with Gasteiger partial charge in [0.25, 0.3) is 0 Å². The van der Waals surface area contributed by atoms with Crippen molar-refractivity contribution in [3.63, 3.8) is 0 Å². The fraction of sp³-hybridized carbons (Fsp3) is 0.864. The fourth-order valence-corrected chi connectivity index (χ4v) is 7.49. The van der Waals surface area contributed by atoms with E-state index in [1.54, 1.807) is 0 Å². The van der Waals surface area contributed by atoms with Crippen LogP contribution in [0.5, 0.6) is 0 Å². The second kappa shape index (κ2) is 6.30. The standard InChI is InChI=1S/C22H35NO4/c1-13(24)27-18-11-21(3)17(7-9-22(21,26)12-23)16-5-4-14-10-15(25)6-8-20(14,2)19(16)18/h4,15-19,25-26H,5-12,23H2,1-3H3/t15?,16-,17-,18?,19-,20-,21-,22?/m0/s1. The molecule has 5 nitrogen and oxygen atoms in total. The molecule has 152 valence electrons. The number of ether oxygens (including phenoxy) is 1. The topological polar surface area (TPSA) is 92.8 Å². The Morgan fingerprint density at radius 3 is 2.74 bits per heavy atom. The van der Waals surface area contributed by atoms with Crippen molar-refractivity contribution in [2.45, 2.75) is 83.5 Å². The molecule has 0 radical (unpaired) electrons. The summed E-state index contributed by atoms with van der Waals surface area (Å²) in [5.74, 6) is 0.791. The molecule has 0 aromatic heterocycles. The predicted molar refractivity (Wildman–Crippen MR) is 103 cm³/mol. The first kappa shape index (κ1) is 19.4. The van der Waals surface area contributed by atoms with Gasteiger partial charge in [0.2, 0.25) is 0 Å². The van der Waals surface area contributed by atoms with Crippen LogP contribution < -0.4 is 5.73 Å². The lowest BCUT2D eigenvalue weighted by atomic mass is 9.46. The Morgan fingerprint density at radius 2 is 2.07 bits per heavy atom. The Hall–Kier alpha value is -0.910. The summed E-state index contributed by atoms with van der Waals surface area (Å²) in [6.07, 6.45) is 7.71. The molecule has 8 atom stereocenters. The first-order valence-corrected chi connectivity index (χ1v) is 10.6. The van der Waals surface area contributed by atoms with Crippen LogP contribution in [0.15, 0.2) is 11.6 Å². The van der Waals surface area contributed by atoms with Crippen molar-refractivity contribution in [3.8, 4) is 0 Å². The first-order valence-electron chi connectivity index (χ1n) is 10.6. The highest BCUT2D eigenvalue weighted by Crippen LogP contribution is 2.67. The molecule has 3 fully saturated rings. The highest BCUT2D eigenvalue weighted by Gasteiger charge is 2.66. The number of nitrogens with two attached hydrogens (primary N) is 1. The maximum absolute atomic E-state index is 12.0. The van der Waals surface area contributed by atoms with Crippen molar-refractivity contribution in [1.29, 1.82) is 0 Å². The van der Waals surface area contributed by atoms with E-state index in [0.29, 0.717) is 18.3 Å². The number of carbonyl (C=O) groups is 1. The van der Waals surface area contributed by atoms with Crippen LogP contribution in [0.4, 0.5) is 0 Å². The Balaban J connectivity index is 1.77. The normalized spacial score (nSPS) is 51.6. The van der Waals surface area contributed by atoms with E-state index in [1.165, 1.54) is 12.5 Å². The summed E-state index contributed by atoms with van der Waals surface area (Å²) in [6, 6.07) is 0. The van der Waals surface area contributed by atoms with Crippen LogP contribution in [0, 0.1) is 28.6 Å². The maximum atomic E-state index is 12.0. The molecule has 0 amide bonds. The van der Waals surface area contributed by atoms with Gasteiger partial charge in [-0.05, 0) is 62.2 Å². The Morgan fingerprint density at radius 1 is 1.33 bits per heavy atom. The highest BCUT2D eigenvalue weighted by molar-refractivity contribution is 5.66. The number of allylic oxidation sites excluding steroid dienone is 1. The molecule has 0 aromatic rings. The van der Waals surface area contributed by atoms with Gasteiger partial charge in [0.05, 0.1) is 11.7 Å². The third kappa shape index (κ3) is 2.65. The van der Waals surface area contributed by atoms with E-state index in [0.717, 1.165) is 38.5 Å². The van der Waals surface area contributed by atoms with Crippen LogP contribution in [0.3, 0.4) is 0 Å². The molecule has 4 N–H and O–H groups in total. The molecule has 3 saturated carbocycles. The number of hydrogen-bond acceptors (Lipinski definition) is 5. The van der Waals surface area contributed by atoms with Crippen LogP contribution in [0.1, 0.15) is 65.7 Å². The summed E-state index contributed by atoms with van der Waals surface area (Å²) >= 11 is 0. The molecule has 0 aromatic carbocycles. The van der Waals surface area contributed by atoms with Crippen molar-refractivity contribution in [2.24, 2.45) is 34.3 Å². The Bertz CT molecular complexity index is 663. The minimum absolute atomic E-state index is 0.0347. The largest absolute Gasteiger partial charge is 0.462 e. The Kier molecular flexibility index (Phi) is 4.53. The fourth-order valence-electron chi connectivity index (χ4n) is 7.49. The quantitative estimate of drug-likeness (QED) is 0.508. The average molecular weight is 378 g/mol. The molecule has 0 aliphatic heterocycles. The van der Waals surface area contributed by atoms with Crippen molar-refractivity contribution in [3.05, 3.63) is 11.6 Å². The number of esters is 1. The average Bonchev–Trinajstić information content (AvgIpc) is 2.86. The lowest BCUT2D eigenvalue weighted by Gasteiger charge is -2.61. The van der Waals surface area contributed by atoms with E-state index in [2.05, 4.69) is 19.9 Å². The highest BCUT2D eigenvalue weighted by atomic mass is 16.5. The van der Waals surface area contributed by atoms with Gasteiger partial charge in [-0.1, -0.05) is 25.5 Å². The van der Waals surface area contributed by atoms with E-state index in [1.807, 2.05) is 0 Å². The van der Waals surface area contributed by atoms with E-state index in [-0.39, 0.29) is 41.5 Å². The number of carbonyl (C=O) groups excluding carboxylic acids is 1. The van der Waals surface area contributed by atoms with Gasteiger partial charge >= 0.3 is 5.97 Å². The van der Waals surface area contributed by atoms with Gasteiger partial charge in [0.15, 0.2) is 0 Å². The van der Waals surface area contributed by atoms with Crippen molar-refractivity contribution >= 4 is 5.97 Å². The lowest BCUT2D eigenvalue weighted by molar-refractivity contribution is -0.189. The smallest absolute Gasteiger partial charge is 0.302 e. The predicted octanol–water partition coefficient (Wildman–Crippen LogP) is 2.54. The third-order valence-electron chi connectivity index (χ3n) is 8.97. The minimum Gasteiger partial charge on any atom is -0.462 e. The molecule has 5 heteroatoms. The molecule has 27 heavy (non-hydrogen) atoms. The van der Waals surface area contributed by atoms with Crippen molar-refractivity contribution < 1.29 is 19.7 Å². The summed E-state index contributed by atoms with van der Waals surface area (Å²) in [7, 11) is 0. The molecule has 4 rings (SSSR count). The van der Waals surface area contributed by atoms with Crippen molar-refractivity contribution in [2.75, 3.05) is 6.54 Å². The molecule has 0 saturated heterocycles. The van der Waals surface area contributed by atoms with E-state index < -0.39 is 5.60 Å². The minimum atomic E-state index is -0.880. The summed E-state index contributed by atoms with van der Waals surface area (Å²) in [5.41, 5.74) is 6.13. The van der Waals surface area contributed by atoms with Gasteiger partial charge in [-0.3, -0.25) is 4.79 Å². The number of rotatable bonds is 2. The maximum Gasteiger partial charge on any atom is 0.302 e. The molecule has 4 aliphatic rings. The SMILES string of the molecule is CC(=O)OC1C[C@@]2(C)[C@@H](CCC2(O)CN)[C@@H]2CC=C3CC(O)CC[C@]3(C)[C@H]12. The number of fused-ring (bicyclic) bond motifs is 5. The van der Waals surface area contributed by atoms with Gasteiger partial charge in [-0.2, -0.15) is 0 Å². The summed E-state index contributed by atoms with van der Waals surface area (Å²) < 4.78 is 5.93. The van der Waals surface area contributed by atoms with Gasteiger partial charge < -0.3 is 20.7 Å². The van der Waals surface area contributed by atoms with Gasteiger partial charge in [0.1, 0.15) is 6.10 Å². The second-order valence-corrected chi connectivity index (χ2v) is 10.1. The molecule has 4 aliphatic carbocycles. The van der Waals surface area contributed by atoms with E-state index >= 15 is 0 Å². The van der Waals surface area contributed by atoms with Gasteiger partial charge in [-0.15, -0.1) is 0 Å². The van der Waals surface area contributed by atoms with E-state index in [9.17, 15) is 15.0 Å². The zero-order valence-corrected chi connectivity index (χ0v) is 16.9. The molecule has 0 spiro atoms. The van der Waals surface area contributed by atoms with Crippen LogP contribution >= 0.6 is 0 Å². The third-order valence-corrected chi connectivity index (χ3v) is 8.97. The summed E-state index contributed by atoms with van der Waals surface area (Å²) in [4.78, 5) is 12.0.